The third-order valence-corrected chi connectivity index (χ3v) is 2.13. The van der Waals surface area contributed by atoms with E-state index < -0.39 is 15.7 Å². The molecule has 0 saturated heterocycles. The van der Waals surface area contributed by atoms with Crippen LogP contribution in [-0.2, 0) is 10.2 Å². The molecule has 0 spiro atoms. The normalized spacial score (nSPS) is 13.6. The van der Waals surface area contributed by atoms with Gasteiger partial charge < -0.3 is 0 Å². The molecule has 0 aromatic heterocycles. The fourth-order valence-corrected chi connectivity index (χ4v) is 1.36. The van der Waals surface area contributed by atoms with Crippen LogP contribution >= 0.6 is 0 Å². The van der Waals surface area contributed by atoms with Crippen molar-refractivity contribution in [1.29, 1.82) is 0 Å². The molecule has 0 bridgehead atoms. The maximum absolute atomic E-state index is 10.8. The van der Waals surface area contributed by atoms with Crippen molar-refractivity contribution in [3.63, 3.8) is 0 Å². The van der Waals surface area contributed by atoms with Crippen LogP contribution in [0.2, 0.25) is 0 Å². The van der Waals surface area contributed by atoms with Crippen molar-refractivity contribution in [3.05, 3.63) is 0 Å². The first-order valence-corrected chi connectivity index (χ1v) is 4.47. The molecule has 0 atom stereocenters. The van der Waals surface area contributed by atoms with E-state index >= 15 is 0 Å². The summed E-state index contributed by atoms with van der Waals surface area (Å²) in [7, 11) is -1.91. The lowest BCUT2D eigenvalue weighted by Crippen LogP contribution is -2.45. The summed E-state index contributed by atoms with van der Waals surface area (Å²) in [4.78, 5) is 0. The second-order valence-electron chi connectivity index (χ2n) is 3.06. The van der Waals surface area contributed by atoms with Crippen LogP contribution in [0.4, 0.5) is 0 Å². The number of rotatable bonds is 2. The summed E-state index contributed by atoms with van der Waals surface area (Å²) in [5, 5.41) is 0. The van der Waals surface area contributed by atoms with E-state index in [1.165, 1.54) is 7.05 Å². The van der Waals surface area contributed by atoms with E-state index in [-0.39, 0.29) is 0 Å². The Morgan fingerprint density at radius 1 is 1.20 bits per heavy atom. The summed E-state index contributed by atoms with van der Waals surface area (Å²) in [6.45, 7) is 5.34. The van der Waals surface area contributed by atoms with Crippen LogP contribution in [0.3, 0.4) is 0 Å². The number of hydrogen-bond acceptors (Lipinski definition) is 2. The summed E-state index contributed by atoms with van der Waals surface area (Å²) < 4.78 is 26.2. The minimum atomic E-state index is -3.28. The molecular formula is C5H14N2O2S. The van der Waals surface area contributed by atoms with Crippen LogP contribution in [0, 0.1) is 0 Å². The second kappa shape index (κ2) is 2.86. The van der Waals surface area contributed by atoms with Crippen molar-refractivity contribution in [2.75, 3.05) is 7.05 Å². The lowest BCUT2D eigenvalue weighted by Gasteiger charge is -2.19. The monoisotopic (exact) mass is 166 g/mol. The van der Waals surface area contributed by atoms with Crippen LogP contribution in [-0.4, -0.2) is 21.0 Å². The van der Waals surface area contributed by atoms with E-state index in [0.29, 0.717) is 0 Å². The van der Waals surface area contributed by atoms with Gasteiger partial charge in [0.2, 0.25) is 0 Å². The van der Waals surface area contributed by atoms with Gasteiger partial charge in [0.05, 0.1) is 0 Å². The first-order valence-electron chi connectivity index (χ1n) is 2.99. The van der Waals surface area contributed by atoms with Crippen molar-refractivity contribution < 1.29 is 8.42 Å². The highest BCUT2D eigenvalue weighted by molar-refractivity contribution is 7.87. The fraction of sp³-hybridized carbons (Fsp3) is 1.00. The van der Waals surface area contributed by atoms with Gasteiger partial charge in [0.15, 0.2) is 0 Å². The van der Waals surface area contributed by atoms with E-state index in [1.807, 2.05) is 0 Å². The van der Waals surface area contributed by atoms with Gasteiger partial charge in [-0.05, 0) is 20.8 Å². The molecule has 62 valence electrons. The topological polar surface area (TPSA) is 58.2 Å². The molecular weight excluding hydrogens is 152 g/mol. The first-order chi connectivity index (χ1) is 4.27. The second-order valence-corrected chi connectivity index (χ2v) is 4.68. The molecule has 0 amide bonds. The maximum Gasteiger partial charge on any atom is 0.277 e. The van der Waals surface area contributed by atoms with E-state index in [1.54, 1.807) is 20.8 Å². The summed E-state index contributed by atoms with van der Waals surface area (Å²) in [5.74, 6) is 0. The standard InChI is InChI=1S/C5H14N2O2S/c1-5(2,3)7-10(8,9)6-4/h6-7H,1-4H3. The lowest BCUT2D eigenvalue weighted by atomic mass is 10.1. The zero-order valence-electron chi connectivity index (χ0n) is 6.72. The summed E-state index contributed by atoms with van der Waals surface area (Å²) in [6, 6.07) is 0. The molecule has 0 heterocycles. The third-order valence-electron chi connectivity index (χ3n) is 0.709. The Morgan fingerprint density at radius 2 is 1.60 bits per heavy atom. The highest BCUT2D eigenvalue weighted by Crippen LogP contribution is 1.99. The van der Waals surface area contributed by atoms with Crippen molar-refractivity contribution in [1.82, 2.24) is 9.44 Å². The Morgan fingerprint density at radius 3 is 1.70 bits per heavy atom. The van der Waals surface area contributed by atoms with Crippen LogP contribution in [0.15, 0.2) is 0 Å². The highest BCUT2D eigenvalue weighted by atomic mass is 32.2. The van der Waals surface area contributed by atoms with E-state index in [0.717, 1.165) is 0 Å². The van der Waals surface area contributed by atoms with Crippen LogP contribution < -0.4 is 9.44 Å². The highest BCUT2D eigenvalue weighted by Gasteiger charge is 2.17. The Labute approximate surface area is 62.2 Å². The molecule has 0 aromatic carbocycles. The molecule has 0 aliphatic rings. The van der Waals surface area contributed by atoms with E-state index in [2.05, 4.69) is 9.44 Å². The van der Waals surface area contributed by atoms with Gasteiger partial charge in [-0.1, -0.05) is 0 Å². The predicted octanol–water partition coefficient (Wildman–Crippen LogP) is -0.161. The zero-order valence-corrected chi connectivity index (χ0v) is 7.54. The van der Waals surface area contributed by atoms with Gasteiger partial charge in [-0.2, -0.15) is 13.1 Å². The molecule has 0 fully saturated rings. The molecule has 0 radical (unpaired) electrons. The Balaban J connectivity index is 4.18. The maximum atomic E-state index is 10.8. The molecule has 0 rings (SSSR count). The Bertz CT molecular complexity index is 190. The molecule has 0 aromatic rings. The molecule has 10 heavy (non-hydrogen) atoms. The largest absolute Gasteiger partial charge is 0.277 e. The number of hydrogen-bond donors (Lipinski definition) is 2. The Kier molecular flexibility index (Phi) is 2.82. The van der Waals surface area contributed by atoms with Crippen molar-refractivity contribution >= 4 is 10.2 Å². The lowest BCUT2D eigenvalue weighted by molar-refractivity contribution is 0.487. The smallest absolute Gasteiger partial charge is 0.205 e. The molecule has 5 heteroatoms. The van der Waals surface area contributed by atoms with Crippen molar-refractivity contribution in [2.24, 2.45) is 0 Å². The third kappa shape index (κ3) is 4.72. The summed E-state index contributed by atoms with van der Waals surface area (Å²) >= 11 is 0. The van der Waals surface area contributed by atoms with E-state index in [9.17, 15) is 8.42 Å². The number of nitrogens with one attached hydrogen (secondary N) is 2. The molecule has 2 N–H and O–H groups in total. The van der Waals surface area contributed by atoms with Gasteiger partial charge in [0.1, 0.15) is 0 Å². The fourth-order valence-electron chi connectivity index (χ4n) is 0.454. The van der Waals surface area contributed by atoms with Crippen molar-refractivity contribution in [3.8, 4) is 0 Å². The van der Waals surface area contributed by atoms with E-state index in [4.69, 9.17) is 0 Å². The first kappa shape index (κ1) is 9.87. The van der Waals surface area contributed by atoms with Crippen LogP contribution in [0.25, 0.3) is 0 Å². The average molecular weight is 166 g/mol. The summed E-state index contributed by atoms with van der Waals surface area (Å²) in [6.07, 6.45) is 0. The molecule has 0 saturated carbocycles. The van der Waals surface area contributed by atoms with Crippen molar-refractivity contribution in [2.45, 2.75) is 26.3 Å². The summed E-state index contributed by atoms with van der Waals surface area (Å²) in [5.41, 5.74) is -0.415. The quantitative estimate of drug-likeness (QED) is 0.599. The van der Waals surface area contributed by atoms with Gasteiger partial charge in [0, 0.05) is 12.6 Å². The van der Waals surface area contributed by atoms with Crippen LogP contribution in [0.5, 0.6) is 0 Å². The predicted molar refractivity (Wildman–Crippen MR) is 40.9 cm³/mol. The SMILES string of the molecule is CNS(=O)(=O)NC(C)(C)C. The minimum Gasteiger partial charge on any atom is -0.205 e. The molecule has 0 unspecified atom stereocenters. The van der Waals surface area contributed by atoms with Gasteiger partial charge in [0.25, 0.3) is 10.2 Å². The zero-order chi connectivity index (χ0) is 8.41. The van der Waals surface area contributed by atoms with Crippen LogP contribution in [0.1, 0.15) is 20.8 Å². The van der Waals surface area contributed by atoms with Gasteiger partial charge in [-0.3, -0.25) is 0 Å². The molecule has 4 nitrogen and oxygen atoms in total. The van der Waals surface area contributed by atoms with Gasteiger partial charge in [-0.15, -0.1) is 0 Å². The Hall–Kier alpha value is -0.130. The minimum absolute atomic E-state index is 0.415. The molecule has 0 aliphatic heterocycles. The van der Waals surface area contributed by atoms with Gasteiger partial charge in [-0.25, -0.2) is 4.72 Å². The molecule has 0 aliphatic carbocycles. The van der Waals surface area contributed by atoms with Gasteiger partial charge >= 0.3 is 0 Å². The average Bonchev–Trinajstić information content (AvgIpc) is 1.60.